The van der Waals surface area contributed by atoms with Crippen molar-refractivity contribution in [3.8, 4) is 5.75 Å². The highest BCUT2D eigenvalue weighted by Gasteiger charge is 2.34. The minimum Gasteiger partial charge on any atom is -0.484 e. The van der Waals surface area contributed by atoms with Gasteiger partial charge < -0.3 is 10.1 Å². The second kappa shape index (κ2) is 8.34. The van der Waals surface area contributed by atoms with E-state index in [4.69, 9.17) is 0 Å². The lowest BCUT2D eigenvalue weighted by atomic mass is 10.1. The summed E-state index contributed by atoms with van der Waals surface area (Å²) >= 11 is 0. The Bertz CT molecular complexity index is 891. The minimum atomic E-state index is -4.41. The topological polar surface area (TPSA) is 75.7 Å². The van der Waals surface area contributed by atoms with Gasteiger partial charge in [0.2, 0.25) is 5.91 Å². The lowest BCUT2D eigenvalue weighted by Crippen LogP contribution is -2.34. The molecule has 0 spiro atoms. The Hall–Kier alpha value is -3.36. The quantitative estimate of drug-likeness (QED) is 0.718. The van der Waals surface area contributed by atoms with Crippen LogP contribution in [0.25, 0.3) is 0 Å². The van der Waals surface area contributed by atoms with Gasteiger partial charge in [-0.2, -0.15) is 13.2 Å². The SMILES string of the molecule is O=C(CCN1C(=O)c2ccccc2C1=O)NCc1ccc(OCC(F)(F)F)cc1. The van der Waals surface area contributed by atoms with Crippen LogP contribution in [0.5, 0.6) is 5.75 Å². The Morgan fingerprint density at radius 2 is 1.55 bits per heavy atom. The summed E-state index contributed by atoms with van der Waals surface area (Å²) in [6, 6.07) is 12.3. The van der Waals surface area contributed by atoms with Gasteiger partial charge in [0.15, 0.2) is 6.61 Å². The number of rotatable bonds is 7. The summed E-state index contributed by atoms with van der Waals surface area (Å²) in [5, 5.41) is 2.64. The van der Waals surface area contributed by atoms with E-state index in [-0.39, 0.29) is 31.2 Å². The third-order valence-corrected chi connectivity index (χ3v) is 4.26. The molecule has 3 amide bonds. The van der Waals surface area contributed by atoms with Crippen LogP contribution in [0.3, 0.4) is 0 Å². The Kier molecular flexibility index (Phi) is 5.86. The van der Waals surface area contributed by atoms with Gasteiger partial charge in [-0.1, -0.05) is 24.3 Å². The Labute approximate surface area is 164 Å². The van der Waals surface area contributed by atoms with Crippen molar-refractivity contribution < 1.29 is 32.3 Å². The molecule has 152 valence electrons. The maximum atomic E-state index is 12.2. The van der Waals surface area contributed by atoms with Crippen LogP contribution in [-0.4, -0.2) is 41.9 Å². The van der Waals surface area contributed by atoms with Gasteiger partial charge in [-0.25, -0.2) is 0 Å². The van der Waals surface area contributed by atoms with Crippen LogP contribution >= 0.6 is 0 Å². The van der Waals surface area contributed by atoms with E-state index in [1.165, 1.54) is 24.3 Å². The average Bonchev–Trinajstić information content (AvgIpc) is 2.94. The number of alkyl halides is 3. The number of hydrogen-bond acceptors (Lipinski definition) is 4. The summed E-state index contributed by atoms with van der Waals surface area (Å²) in [6.07, 6.45) is -4.47. The maximum Gasteiger partial charge on any atom is 0.422 e. The summed E-state index contributed by atoms with van der Waals surface area (Å²) in [5.41, 5.74) is 1.31. The van der Waals surface area contributed by atoms with Gasteiger partial charge in [0.25, 0.3) is 11.8 Å². The molecule has 1 N–H and O–H groups in total. The smallest absolute Gasteiger partial charge is 0.422 e. The minimum absolute atomic E-state index is 0.0393. The molecule has 3 rings (SSSR count). The number of halogens is 3. The second-order valence-corrected chi connectivity index (χ2v) is 6.38. The predicted octanol–water partition coefficient (Wildman–Crippen LogP) is 2.93. The van der Waals surface area contributed by atoms with Crippen molar-refractivity contribution in [2.24, 2.45) is 0 Å². The molecule has 29 heavy (non-hydrogen) atoms. The van der Waals surface area contributed by atoms with Gasteiger partial charge in [-0.15, -0.1) is 0 Å². The number of ether oxygens (including phenoxy) is 1. The average molecular weight is 406 g/mol. The van der Waals surface area contributed by atoms with Gasteiger partial charge >= 0.3 is 6.18 Å². The van der Waals surface area contributed by atoms with Crippen molar-refractivity contribution in [3.05, 3.63) is 65.2 Å². The molecule has 1 aliphatic rings. The van der Waals surface area contributed by atoms with E-state index in [9.17, 15) is 27.6 Å². The van der Waals surface area contributed by atoms with Crippen LogP contribution in [0.4, 0.5) is 13.2 Å². The van der Waals surface area contributed by atoms with Gasteiger partial charge in [-0.3, -0.25) is 19.3 Å². The molecule has 0 aliphatic carbocycles. The maximum absolute atomic E-state index is 12.2. The van der Waals surface area contributed by atoms with Crippen LogP contribution in [0.1, 0.15) is 32.7 Å². The standard InChI is InChI=1S/C20H17F3N2O4/c21-20(22,23)12-29-14-7-5-13(6-8-14)11-24-17(26)9-10-25-18(27)15-3-1-2-4-16(15)19(25)28/h1-8H,9-12H2,(H,24,26). The highest BCUT2D eigenvalue weighted by molar-refractivity contribution is 6.21. The van der Waals surface area contributed by atoms with E-state index in [2.05, 4.69) is 10.1 Å². The first-order valence-corrected chi connectivity index (χ1v) is 8.75. The van der Waals surface area contributed by atoms with Crippen LogP contribution in [0.2, 0.25) is 0 Å². The number of carbonyl (C=O) groups is 3. The van der Waals surface area contributed by atoms with E-state index in [0.717, 1.165) is 4.90 Å². The summed E-state index contributed by atoms with van der Waals surface area (Å²) in [7, 11) is 0. The molecule has 0 aromatic heterocycles. The monoisotopic (exact) mass is 406 g/mol. The Balaban J connectivity index is 1.45. The molecule has 0 unspecified atom stereocenters. The van der Waals surface area contributed by atoms with Crippen LogP contribution in [0.15, 0.2) is 48.5 Å². The lowest BCUT2D eigenvalue weighted by Gasteiger charge is -2.13. The van der Waals surface area contributed by atoms with Crippen molar-refractivity contribution in [1.82, 2.24) is 10.2 Å². The van der Waals surface area contributed by atoms with E-state index < -0.39 is 24.6 Å². The van der Waals surface area contributed by atoms with Crippen molar-refractivity contribution >= 4 is 17.7 Å². The van der Waals surface area contributed by atoms with Crippen molar-refractivity contribution in [1.29, 1.82) is 0 Å². The zero-order valence-corrected chi connectivity index (χ0v) is 15.2. The number of benzene rings is 2. The summed E-state index contributed by atoms with van der Waals surface area (Å²) in [6.45, 7) is -1.26. The summed E-state index contributed by atoms with van der Waals surface area (Å²) in [5.74, 6) is -1.14. The Morgan fingerprint density at radius 3 is 2.10 bits per heavy atom. The van der Waals surface area contributed by atoms with Crippen LogP contribution in [-0.2, 0) is 11.3 Å². The molecule has 6 nitrogen and oxygen atoms in total. The lowest BCUT2D eigenvalue weighted by molar-refractivity contribution is -0.153. The molecular weight excluding hydrogens is 389 g/mol. The first-order valence-electron chi connectivity index (χ1n) is 8.75. The highest BCUT2D eigenvalue weighted by atomic mass is 19.4. The fourth-order valence-corrected chi connectivity index (χ4v) is 2.81. The van der Waals surface area contributed by atoms with Crippen LogP contribution < -0.4 is 10.1 Å². The molecule has 9 heteroatoms. The van der Waals surface area contributed by atoms with Gasteiger partial charge in [0.05, 0.1) is 11.1 Å². The molecule has 0 fully saturated rings. The van der Waals surface area contributed by atoms with Gasteiger partial charge in [0, 0.05) is 19.5 Å². The van der Waals surface area contributed by atoms with Gasteiger partial charge in [-0.05, 0) is 29.8 Å². The molecule has 0 saturated heterocycles. The number of amides is 3. The molecule has 1 heterocycles. The van der Waals surface area contributed by atoms with Crippen molar-refractivity contribution in [3.63, 3.8) is 0 Å². The molecule has 0 radical (unpaired) electrons. The van der Waals surface area contributed by atoms with E-state index in [1.807, 2.05) is 0 Å². The van der Waals surface area contributed by atoms with Crippen LogP contribution in [0, 0.1) is 0 Å². The summed E-state index contributed by atoms with van der Waals surface area (Å²) in [4.78, 5) is 37.5. The number of imide groups is 1. The summed E-state index contributed by atoms with van der Waals surface area (Å²) < 4.78 is 41.0. The largest absolute Gasteiger partial charge is 0.484 e. The Morgan fingerprint density at radius 1 is 0.966 bits per heavy atom. The molecule has 0 saturated carbocycles. The fourth-order valence-electron chi connectivity index (χ4n) is 2.81. The second-order valence-electron chi connectivity index (χ2n) is 6.38. The first-order chi connectivity index (χ1) is 13.7. The third-order valence-electron chi connectivity index (χ3n) is 4.26. The fraction of sp³-hybridized carbons (Fsp3) is 0.250. The molecule has 2 aromatic rings. The number of fused-ring (bicyclic) bond motifs is 1. The molecule has 2 aromatic carbocycles. The van der Waals surface area contributed by atoms with Crippen molar-refractivity contribution in [2.45, 2.75) is 19.1 Å². The number of nitrogens with zero attached hydrogens (tertiary/aromatic N) is 1. The highest BCUT2D eigenvalue weighted by Crippen LogP contribution is 2.22. The third kappa shape index (κ3) is 5.13. The molecule has 0 bridgehead atoms. The first kappa shape index (κ1) is 20.4. The number of hydrogen-bond donors (Lipinski definition) is 1. The van der Waals surface area contributed by atoms with E-state index in [1.54, 1.807) is 24.3 Å². The molecular formula is C20H17F3N2O4. The van der Waals surface area contributed by atoms with Gasteiger partial charge in [0.1, 0.15) is 5.75 Å². The molecule has 1 aliphatic heterocycles. The zero-order valence-electron chi connectivity index (χ0n) is 15.2. The molecule has 0 atom stereocenters. The number of carbonyl (C=O) groups excluding carboxylic acids is 3. The van der Waals surface area contributed by atoms with E-state index in [0.29, 0.717) is 16.7 Å². The zero-order chi connectivity index (χ0) is 21.0. The normalized spacial score (nSPS) is 13.4. The predicted molar refractivity (Wildman–Crippen MR) is 96.3 cm³/mol. The number of nitrogens with one attached hydrogen (secondary N) is 1. The van der Waals surface area contributed by atoms with Crippen molar-refractivity contribution in [2.75, 3.05) is 13.2 Å². The van der Waals surface area contributed by atoms with E-state index >= 15 is 0 Å².